The molecule has 1 aliphatic carbocycles. The summed E-state index contributed by atoms with van der Waals surface area (Å²) in [7, 11) is 3.26. The number of nitriles is 1. The smallest absolute Gasteiger partial charge is 0.161 e. The van der Waals surface area contributed by atoms with Crippen LogP contribution in [0.15, 0.2) is 18.2 Å². The molecule has 1 saturated carbocycles. The molecule has 0 radical (unpaired) electrons. The number of fused-ring (bicyclic) bond motifs is 1. The van der Waals surface area contributed by atoms with E-state index in [4.69, 9.17) is 9.47 Å². The van der Waals surface area contributed by atoms with Crippen molar-refractivity contribution >= 4 is 0 Å². The number of rotatable bonds is 4. The Labute approximate surface area is 143 Å². The second-order valence-electron chi connectivity index (χ2n) is 6.89. The maximum Gasteiger partial charge on any atom is 0.161 e. The molecular formula is C19H26N2O3. The lowest BCUT2D eigenvalue weighted by molar-refractivity contribution is -0.121. The maximum atomic E-state index is 11.2. The number of hydrogen-bond donors (Lipinski definition) is 1. The SMILES string of the molecule is COc1ccc([C@@H]2[C@H]3CCCC[C@]3(O)CCN2CC#N)cc1OC. The van der Waals surface area contributed by atoms with E-state index in [0.29, 0.717) is 18.0 Å². The second kappa shape index (κ2) is 7.00. The summed E-state index contributed by atoms with van der Waals surface area (Å²) in [5.41, 5.74) is 0.482. The molecule has 0 bridgehead atoms. The van der Waals surface area contributed by atoms with Crippen molar-refractivity contribution in [3.63, 3.8) is 0 Å². The zero-order valence-electron chi connectivity index (χ0n) is 14.5. The van der Waals surface area contributed by atoms with Crippen LogP contribution in [0.2, 0.25) is 0 Å². The van der Waals surface area contributed by atoms with Gasteiger partial charge in [0, 0.05) is 18.5 Å². The summed E-state index contributed by atoms with van der Waals surface area (Å²) in [5, 5.41) is 20.4. The molecule has 0 spiro atoms. The van der Waals surface area contributed by atoms with Gasteiger partial charge in [0.25, 0.3) is 0 Å². The van der Waals surface area contributed by atoms with Gasteiger partial charge in [-0.15, -0.1) is 0 Å². The molecule has 5 nitrogen and oxygen atoms in total. The van der Waals surface area contributed by atoms with E-state index in [1.165, 1.54) is 0 Å². The summed E-state index contributed by atoms with van der Waals surface area (Å²) in [5.74, 6) is 1.55. The first-order valence-electron chi connectivity index (χ1n) is 8.68. The van der Waals surface area contributed by atoms with Crippen LogP contribution in [0.4, 0.5) is 0 Å². The van der Waals surface area contributed by atoms with Crippen LogP contribution >= 0.6 is 0 Å². The first-order valence-corrected chi connectivity index (χ1v) is 8.68. The number of nitrogens with zero attached hydrogens (tertiary/aromatic N) is 2. The first kappa shape index (κ1) is 17.1. The molecule has 5 heteroatoms. The minimum absolute atomic E-state index is 0.0449. The number of benzene rings is 1. The van der Waals surface area contributed by atoms with Crippen LogP contribution < -0.4 is 9.47 Å². The minimum Gasteiger partial charge on any atom is -0.493 e. The quantitative estimate of drug-likeness (QED) is 0.860. The summed E-state index contributed by atoms with van der Waals surface area (Å²) in [6.07, 6.45) is 4.84. The third-order valence-electron chi connectivity index (χ3n) is 5.69. The van der Waals surface area contributed by atoms with Crippen LogP contribution in [0.5, 0.6) is 11.5 Å². The van der Waals surface area contributed by atoms with E-state index in [0.717, 1.165) is 44.2 Å². The lowest BCUT2D eigenvalue weighted by Crippen LogP contribution is -2.54. The predicted octanol–water partition coefficient (Wildman–Crippen LogP) is 2.90. The van der Waals surface area contributed by atoms with Gasteiger partial charge in [0.15, 0.2) is 11.5 Å². The van der Waals surface area contributed by atoms with E-state index in [2.05, 4.69) is 11.0 Å². The Morgan fingerprint density at radius 2 is 2.04 bits per heavy atom. The van der Waals surface area contributed by atoms with Gasteiger partial charge in [-0.3, -0.25) is 4.90 Å². The molecule has 130 valence electrons. The molecule has 1 N–H and O–H groups in total. The number of aliphatic hydroxyl groups is 1. The van der Waals surface area contributed by atoms with E-state index < -0.39 is 5.60 Å². The normalized spacial score (nSPS) is 30.2. The van der Waals surface area contributed by atoms with Gasteiger partial charge in [-0.1, -0.05) is 18.9 Å². The van der Waals surface area contributed by atoms with Gasteiger partial charge in [-0.25, -0.2) is 0 Å². The van der Waals surface area contributed by atoms with Crippen LogP contribution in [0.25, 0.3) is 0 Å². The summed E-state index contributed by atoms with van der Waals surface area (Å²) < 4.78 is 10.8. The number of likely N-dealkylation sites (tertiary alicyclic amines) is 1. The average molecular weight is 330 g/mol. The van der Waals surface area contributed by atoms with Gasteiger partial charge < -0.3 is 14.6 Å². The molecule has 1 heterocycles. The lowest BCUT2D eigenvalue weighted by Gasteiger charge is -2.52. The molecule has 2 fully saturated rings. The summed E-state index contributed by atoms with van der Waals surface area (Å²) >= 11 is 0. The zero-order valence-corrected chi connectivity index (χ0v) is 14.5. The molecule has 0 amide bonds. The Kier molecular flexibility index (Phi) is 4.98. The first-order chi connectivity index (χ1) is 11.6. The van der Waals surface area contributed by atoms with Gasteiger partial charge in [-0.2, -0.15) is 5.26 Å². The summed E-state index contributed by atoms with van der Waals surface area (Å²) in [4.78, 5) is 2.20. The van der Waals surface area contributed by atoms with Crippen molar-refractivity contribution < 1.29 is 14.6 Å². The Bertz CT molecular complexity index is 628. The van der Waals surface area contributed by atoms with Gasteiger partial charge >= 0.3 is 0 Å². The highest BCUT2D eigenvalue weighted by atomic mass is 16.5. The van der Waals surface area contributed by atoms with Crippen molar-refractivity contribution in [3.8, 4) is 17.6 Å². The summed E-state index contributed by atoms with van der Waals surface area (Å²) in [6, 6.07) is 8.27. The van der Waals surface area contributed by atoms with E-state index in [1.807, 2.05) is 18.2 Å². The topological polar surface area (TPSA) is 65.7 Å². The van der Waals surface area contributed by atoms with Gasteiger partial charge in [0.1, 0.15) is 0 Å². The maximum absolute atomic E-state index is 11.2. The monoisotopic (exact) mass is 330 g/mol. The highest BCUT2D eigenvalue weighted by Crippen LogP contribution is 2.49. The van der Waals surface area contributed by atoms with E-state index in [9.17, 15) is 10.4 Å². The Morgan fingerprint density at radius 1 is 1.25 bits per heavy atom. The van der Waals surface area contributed by atoms with E-state index in [-0.39, 0.29) is 12.0 Å². The Balaban J connectivity index is 2.00. The van der Waals surface area contributed by atoms with Gasteiger partial charge in [-0.05, 0) is 37.0 Å². The molecule has 24 heavy (non-hydrogen) atoms. The van der Waals surface area contributed by atoms with Gasteiger partial charge in [0.2, 0.25) is 0 Å². The van der Waals surface area contributed by atoms with Crippen LogP contribution in [0.3, 0.4) is 0 Å². The summed E-state index contributed by atoms with van der Waals surface area (Å²) in [6.45, 7) is 1.13. The fraction of sp³-hybridized carbons (Fsp3) is 0.632. The van der Waals surface area contributed by atoms with E-state index in [1.54, 1.807) is 14.2 Å². The third-order valence-corrected chi connectivity index (χ3v) is 5.69. The number of hydrogen-bond acceptors (Lipinski definition) is 5. The van der Waals surface area contributed by atoms with Crippen molar-refractivity contribution in [2.75, 3.05) is 27.3 Å². The third kappa shape index (κ3) is 2.97. The van der Waals surface area contributed by atoms with Crippen molar-refractivity contribution in [2.24, 2.45) is 5.92 Å². The fourth-order valence-corrected chi connectivity index (χ4v) is 4.49. The van der Waals surface area contributed by atoms with Crippen molar-refractivity contribution in [1.29, 1.82) is 5.26 Å². The number of piperidine rings is 1. The molecular weight excluding hydrogens is 304 g/mol. The molecule has 3 rings (SSSR count). The number of methoxy groups -OCH3 is 2. The largest absolute Gasteiger partial charge is 0.493 e. The Hall–Kier alpha value is -1.77. The molecule has 2 aliphatic rings. The van der Waals surface area contributed by atoms with Crippen molar-refractivity contribution in [2.45, 2.75) is 43.7 Å². The molecule has 1 aliphatic heterocycles. The fourth-order valence-electron chi connectivity index (χ4n) is 4.49. The average Bonchev–Trinajstić information content (AvgIpc) is 2.61. The van der Waals surface area contributed by atoms with Crippen molar-refractivity contribution in [1.82, 2.24) is 4.90 Å². The molecule has 1 saturated heterocycles. The zero-order chi connectivity index (χ0) is 17.2. The number of ether oxygens (including phenoxy) is 2. The second-order valence-corrected chi connectivity index (χ2v) is 6.89. The molecule has 1 aromatic rings. The predicted molar refractivity (Wildman–Crippen MR) is 91.0 cm³/mol. The standard InChI is InChI=1S/C19H26N2O3/c1-23-16-7-6-14(13-17(16)24-2)18-15-5-3-4-8-19(15,22)9-11-21(18)12-10-20/h6-7,13,15,18,22H,3-5,8-9,11-12H2,1-2H3/t15-,18-,19+/m1/s1. The molecule has 1 aromatic carbocycles. The van der Waals surface area contributed by atoms with Crippen LogP contribution in [0.1, 0.15) is 43.7 Å². The highest BCUT2D eigenvalue weighted by molar-refractivity contribution is 5.44. The lowest BCUT2D eigenvalue weighted by atomic mass is 9.66. The Morgan fingerprint density at radius 3 is 2.75 bits per heavy atom. The van der Waals surface area contributed by atoms with Crippen LogP contribution in [-0.2, 0) is 0 Å². The molecule has 0 unspecified atom stereocenters. The molecule has 3 atom stereocenters. The van der Waals surface area contributed by atoms with E-state index >= 15 is 0 Å². The highest BCUT2D eigenvalue weighted by Gasteiger charge is 2.48. The minimum atomic E-state index is -0.609. The van der Waals surface area contributed by atoms with Gasteiger partial charge in [0.05, 0.1) is 32.4 Å². The van der Waals surface area contributed by atoms with Crippen molar-refractivity contribution in [3.05, 3.63) is 23.8 Å². The van der Waals surface area contributed by atoms with Crippen LogP contribution in [-0.4, -0.2) is 42.9 Å². The molecule has 0 aromatic heterocycles. The van der Waals surface area contributed by atoms with Crippen LogP contribution in [0, 0.1) is 17.2 Å².